The summed E-state index contributed by atoms with van der Waals surface area (Å²) in [6.07, 6.45) is 0.933. The molecule has 1 rings (SSSR count). The van der Waals surface area contributed by atoms with Crippen LogP contribution in [0.1, 0.15) is 5.56 Å². The first kappa shape index (κ1) is 11.5. The predicted molar refractivity (Wildman–Crippen MR) is 57.5 cm³/mol. The second-order valence-corrected chi connectivity index (χ2v) is 4.97. The zero-order valence-electron chi connectivity index (χ0n) is 8.23. The largest absolute Gasteiger partial charge is 0.399 e. The molecule has 0 heterocycles. The van der Waals surface area contributed by atoms with E-state index in [0.29, 0.717) is 11.3 Å². The quantitative estimate of drug-likeness (QED) is 0.706. The summed E-state index contributed by atoms with van der Waals surface area (Å²) >= 11 is 0. The highest BCUT2D eigenvalue weighted by Gasteiger charge is 2.08. The Bertz CT molecular complexity index is 468. The average Bonchev–Trinajstić information content (AvgIpc) is 1.99. The van der Waals surface area contributed by atoms with Gasteiger partial charge < -0.3 is 5.73 Å². The molecule has 0 fully saturated rings. The number of carbonyl (C=O) groups excluding carboxylic acids is 1. The summed E-state index contributed by atoms with van der Waals surface area (Å²) in [6.45, 7) is 0. The van der Waals surface area contributed by atoms with Crippen molar-refractivity contribution in [1.29, 1.82) is 0 Å². The number of sulfonamides is 1. The van der Waals surface area contributed by atoms with Crippen molar-refractivity contribution >= 4 is 21.6 Å². The molecule has 0 aliphatic rings. The molecule has 1 aromatic rings. The first-order chi connectivity index (χ1) is 6.87. The van der Waals surface area contributed by atoms with Crippen LogP contribution in [0, 0.1) is 0 Å². The Hall–Kier alpha value is -1.56. The number of carbonyl (C=O) groups is 1. The smallest absolute Gasteiger partial charge is 0.237 e. The Morgan fingerprint density at radius 1 is 1.47 bits per heavy atom. The summed E-state index contributed by atoms with van der Waals surface area (Å²) in [6, 6.07) is 6.73. The van der Waals surface area contributed by atoms with Crippen molar-refractivity contribution in [3.05, 3.63) is 29.8 Å². The highest BCUT2D eigenvalue weighted by Crippen LogP contribution is 2.06. The van der Waals surface area contributed by atoms with Crippen molar-refractivity contribution in [2.24, 2.45) is 0 Å². The molecule has 0 saturated heterocycles. The van der Waals surface area contributed by atoms with E-state index in [0.717, 1.165) is 6.26 Å². The van der Waals surface area contributed by atoms with Gasteiger partial charge in [-0.2, -0.15) is 0 Å². The molecule has 1 amide bonds. The summed E-state index contributed by atoms with van der Waals surface area (Å²) in [5.74, 6) is -0.567. The van der Waals surface area contributed by atoms with Gasteiger partial charge in [-0.15, -0.1) is 0 Å². The molecule has 15 heavy (non-hydrogen) atoms. The van der Waals surface area contributed by atoms with Crippen LogP contribution in [-0.4, -0.2) is 20.6 Å². The molecule has 0 radical (unpaired) electrons. The van der Waals surface area contributed by atoms with Gasteiger partial charge in [0.2, 0.25) is 15.9 Å². The lowest BCUT2D eigenvalue weighted by Gasteiger charge is -2.03. The molecule has 0 aromatic heterocycles. The Morgan fingerprint density at radius 3 is 2.67 bits per heavy atom. The Kier molecular flexibility index (Phi) is 3.31. The van der Waals surface area contributed by atoms with Gasteiger partial charge in [-0.3, -0.25) is 9.52 Å². The molecule has 82 valence electrons. The minimum absolute atomic E-state index is 0.00188. The van der Waals surface area contributed by atoms with Gasteiger partial charge in [-0.1, -0.05) is 12.1 Å². The fourth-order valence-electron chi connectivity index (χ4n) is 1.13. The molecular formula is C9H12N2O3S. The lowest BCUT2D eigenvalue weighted by molar-refractivity contribution is -0.118. The van der Waals surface area contributed by atoms with Gasteiger partial charge in [0.1, 0.15) is 0 Å². The van der Waals surface area contributed by atoms with E-state index in [1.807, 2.05) is 4.72 Å². The highest BCUT2D eigenvalue weighted by atomic mass is 32.2. The predicted octanol–water partition coefficient (Wildman–Crippen LogP) is -0.113. The Morgan fingerprint density at radius 2 is 2.13 bits per heavy atom. The maximum atomic E-state index is 11.2. The van der Waals surface area contributed by atoms with Gasteiger partial charge in [0, 0.05) is 5.69 Å². The van der Waals surface area contributed by atoms with Crippen molar-refractivity contribution in [3.63, 3.8) is 0 Å². The molecule has 5 nitrogen and oxygen atoms in total. The van der Waals surface area contributed by atoms with Gasteiger partial charge in [-0.25, -0.2) is 8.42 Å². The van der Waals surface area contributed by atoms with Gasteiger partial charge in [0.25, 0.3) is 0 Å². The number of benzene rings is 1. The summed E-state index contributed by atoms with van der Waals surface area (Å²) in [4.78, 5) is 11.2. The van der Waals surface area contributed by atoms with E-state index in [1.54, 1.807) is 24.3 Å². The minimum atomic E-state index is -3.48. The van der Waals surface area contributed by atoms with E-state index in [4.69, 9.17) is 5.73 Å². The Balaban J connectivity index is 2.67. The molecule has 0 spiro atoms. The zero-order valence-corrected chi connectivity index (χ0v) is 9.04. The van der Waals surface area contributed by atoms with E-state index in [9.17, 15) is 13.2 Å². The van der Waals surface area contributed by atoms with Gasteiger partial charge in [-0.05, 0) is 17.7 Å². The van der Waals surface area contributed by atoms with Crippen molar-refractivity contribution in [3.8, 4) is 0 Å². The number of anilines is 1. The highest BCUT2D eigenvalue weighted by molar-refractivity contribution is 7.89. The maximum absolute atomic E-state index is 11.2. The number of nitrogen functional groups attached to an aromatic ring is 1. The first-order valence-corrected chi connectivity index (χ1v) is 6.11. The second kappa shape index (κ2) is 4.31. The molecule has 0 bridgehead atoms. The van der Waals surface area contributed by atoms with Gasteiger partial charge in [0.05, 0.1) is 12.7 Å². The molecule has 0 saturated carbocycles. The number of hydrogen-bond donors (Lipinski definition) is 2. The molecule has 0 unspecified atom stereocenters. The van der Waals surface area contributed by atoms with Crippen LogP contribution in [0.25, 0.3) is 0 Å². The van der Waals surface area contributed by atoms with E-state index < -0.39 is 15.9 Å². The van der Waals surface area contributed by atoms with E-state index >= 15 is 0 Å². The standard InChI is InChI=1S/C9H12N2O3S/c1-15(13,14)11-9(12)6-7-3-2-4-8(10)5-7/h2-5H,6,10H2,1H3,(H,11,12). The third-order valence-electron chi connectivity index (χ3n) is 1.61. The number of amides is 1. The van der Waals surface area contributed by atoms with Crippen LogP contribution >= 0.6 is 0 Å². The lowest BCUT2D eigenvalue weighted by Crippen LogP contribution is -2.30. The van der Waals surface area contributed by atoms with E-state index in [-0.39, 0.29) is 6.42 Å². The number of rotatable bonds is 3. The summed E-state index contributed by atoms with van der Waals surface area (Å²) in [5, 5.41) is 0. The maximum Gasteiger partial charge on any atom is 0.237 e. The molecule has 6 heteroatoms. The molecular weight excluding hydrogens is 216 g/mol. The average molecular weight is 228 g/mol. The van der Waals surface area contributed by atoms with Crippen LogP contribution < -0.4 is 10.5 Å². The van der Waals surface area contributed by atoms with Crippen LogP contribution in [0.2, 0.25) is 0 Å². The molecule has 0 aliphatic carbocycles. The third kappa shape index (κ3) is 4.46. The second-order valence-electron chi connectivity index (χ2n) is 3.22. The topological polar surface area (TPSA) is 89.3 Å². The minimum Gasteiger partial charge on any atom is -0.399 e. The normalized spacial score (nSPS) is 11.0. The van der Waals surface area contributed by atoms with Gasteiger partial charge in [0.15, 0.2) is 0 Å². The fourth-order valence-corrected chi connectivity index (χ4v) is 1.62. The first-order valence-electron chi connectivity index (χ1n) is 4.22. The van der Waals surface area contributed by atoms with Crippen LogP contribution in [0.5, 0.6) is 0 Å². The lowest BCUT2D eigenvalue weighted by atomic mass is 10.1. The third-order valence-corrected chi connectivity index (χ3v) is 2.21. The van der Waals surface area contributed by atoms with Crippen LogP contribution in [0.15, 0.2) is 24.3 Å². The van der Waals surface area contributed by atoms with Crippen molar-refractivity contribution < 1.29 is 13.2 Å². The van der Waals surface area contributed by atoms with Crippen molar-refractivity contribution in [1.82, 2.24) is 4.72 Å². The molecule has 1 aromatic carbocycles. The van der Waals surface area contributed by atoms with Crippen LogP contribution in [0.3, 0.4) is 0 Å². The van der Waals surface area contributed by atoms with Crippen LogP contribution in [-0.2, 0) is 21.2 Å². The van der Waals surface area contributed by atoms with E-state index in [1.165, 1.54) is 0 Å². The zero-order chi connectivity index (χ0) is 11.5. The molecule has 3 N–H and O–H groups in total. The fraction of sp³-hybridized carbons (Fsp3) is 0.222. The number of nitrogens with two attached hydrogens (primary N) is 1. The number of hydrogen-bond acceptors (Lipinski definition) is 4. The summed E-state index contributed by atoms with van der Waals surface area (Å²) in [5.41, 5.74) is 6.73. The van der Waals surface area contributed by atoms with Crippen LogP contribution in [0.4, 0.5) is 5.69 Å². The van der Waals surface area contributed by atoms with Crippen molar-refractivity contribution in [2.75, 3.05) is 12.0 Å². The molecule has 0 aliphatic heterocycles. The van der Waals surface area contributed by atoms with Gasteiger partial charge >= 0.3 is 0 Å². The SMILES string of the molecule is CS(=O)(=O)NC(=O)Cc1cccc(N)c1. The van der Waals surface area contributed by atoms with Crippen molar-refractivity contribution in [2.45, 2.75) is 6.42 Å². The number of nitrogens with one attached hydrogen (secondary N) is 1. The summed E-state index contributed by atoms with van der Waals surface area (Å²) in [7, 11) is -3.48. The Labute approximate surface area is 88.3 Å². The summed E-state index contributed by atoms with van der Waals surface area (Å²) < 4.78 is 23.4. The van der Waals surface area contributed by atoms with E-state index in [2.05, 4.69) is 0 Å². The monoisotopic (exact) mass is 228 g/mol. The molecule has 0 atom stereocenters.